The molecule has 0 saturated carbocycles. The Morgan fingerprint density at radius 3 is 2.44 bits per heavy atom. The highest BCUT2D eigenvalue weighted by Crippen LogP contribution is 2.12. The summed E-state index contributed by atoms with van der Waals surface area (Å²) < 4.78 is 13.7. The lowest BCUT2D eigenvalue weighted by Crippen LogP contribution is -2.38. The maximum atomic E-state index is 13.7. The van der Waals surface area contributed by atoms with Gasteiger partial charge in [0.25, 0.3) is 5.91 Å². The molecule has 1 aliphatic heterocycles. The lowest BCUT2D eigenvalue weighted by atomic mass is 10.1. The highest BCUT2D eigenvalue weighted by Gasteiger charge is 2.23. The van der Waals surface area contributed by atoms with Crippen LogP contribution in [0.3, 0.4) is 0 Å². The zero-order valence-electron chi connectivity index (χ0n) is 13.9. The molecule has 0 radical (unpaired) electrons. The molecule has 1 fully saturated rings. The van der Waals surface area contributed by atoms with Gasteiger partial charge in [-0.25, -0.2) is 4.39 Å². The summed E-state index contributed by atoms with van der Waals surface area (Å²) in [4.78, 5) is 32.5. The largest absolute Gasteiger partial charge is 0.341 e. The van der Waals surface area contributed by atoms with Crippen LogP contribution >= 0.6 is 0 Å². The second-order valence-corrected chi connectivity index (χ2v) is 6.01. The van der Waals surface area contributed by atoms with Crippen LogP contribution in [0.25, 0.3) is 0 Å². The summed E-state index contributed by atoms with van der Waals surface area (Å²) in [5, 5.41) is 0. The topological polar surface area (TPSA) is 53.5 Å². The molecule has 2 heterocycles. The molecule has 130 valence electrons. The minimum atomic E-state index is -0.363. The van der Waals surface area contributed by atoms with Gasteiger partial charge in [-0.15, -0.1) is 0 Å². The van der Waals surface area contributed by atoms with Gasteiger partial charge in [0.05, 0.1) is 6.42 Å². The van der Waals surface area contributed by atoms with Crippen molar-refractivity contribution in [1.29, 1.82) is 0 Å². The Morgan fingerprint density at radius 1 is 0.960 bits per heavy atom. The molecule has 1 aliphatic rings. The molecule has 0 aliphatic carbocycles. The minimum Gasteiger partial charge on any atom is -0.341 e. The fraction of sp³-hybridized carbons (Fsp3) is 0.316. The minimum absolute atomic E-state index is 0.0425. The van der Waals surface area contributed by atoms with E-state index in [9.17, 15) is 14.0 Å². The van der Waals surface area contributed by atoms with Gasteiger partial charge in [-0.05, 0) is 30.2 Å². The van der Waals surface area contributed by atoms with Crippen LogP contribution in [-0.4, -0.2) is 52.8 Å². The molecule has 0 bridgehead atoms. The van der Waals surface area contributed by atoms with E-state index >= 15 is 0 Å². The van der Waals surface area contributed by atoms with Gasteiger partial charge >= 0.3 is 0 Å². The monoisotopic (exact) mass is 341 g/mol. The summed E-state index contributed by atoms with van der Waals surface area (Å²) in [7, 11) is 0. The number of hydrogen-bond acceptors (Lipinski definition) is 3. The van der Waals surface area contributed by atoms with Crippen molar-refractivity contribution in [2.45, 2.75) is 12.8 Å². The maximum Gasteiger partial charge on any atom is 0.272 e. The van der Waals surface area contributed by atoms with Crippen molar-refractivity contribution in [2.24, 2.45) is 0 Å². The van der Waals surface area contributed by atoms with Crippen molar-refractivity contribution >= 4 is 11.8 Å². The number of hydrogen-bond donors (Lipinski definition) is 0. The molecule has 2 aromatic rings. The van der Waals surface area contributed by atoms with Gasteiger partial charge in [0.2, 0.25) is 5.91 Å². The molecule has 1 saturated heterocycles. The van der Waals surface area contributed by atoms with Crippen molar-refractivity contribution in [1.82, 2.24) is 14.8 Å². The number of pyridine rings is 1. The van der Waals surface area contributed by atoms with E-state index in [1.165, 1.54) is 6.07 Å². The molecule has 5 nitrogen and oxygen atoms in total. The first-order valence-electron chi connectivity index (χ1n) is 8.36. The molecule has 0 spiro atoms. The summed E-state index contributed by atoms with van der Waals surface area (Å²) in [6.45, 7) is 2.06. The van der Waals surface area contributed by atoms with Crippen molar-refractivity contribution in [3.8, 4) is 0 Å². The van der Waals surface area contributed by atoms with Crippen LogP contribution in [0.1, 0.15) is 22.5 Å². The normalized spacial score (nSPS) is 14.9. The Morgan fingerprint density at radius 2 is 1.68 bits per heavy atom. The van der Waals surface area contributed by atoms with Gasteiger partial charge in [0.1, 0.15) is 11.5 Å². The molecular weight excluding hydrogens is 321 g/mol. The summed E-state index contributed by atoms with van der Waals surface area (Å²) in [5.41, 5.74) is 0.812. The van der Waals surface area contributed by atoms with E-state index in [4.69, 9.17) is 0 Å². The molecule has 6 heteroatoms. The highest BCUT2D eigenvalue weighted by atomic mass is 19.1. The predicted molar refractivity (Wildman–Crippen MR) is 91.4 cm³/mol. The first-order valence-corrected chi connectivity index (χ1v) is 8.36. The van der Waals surface area contributed by atoms with Crippen LogP contribution in [0.2, 0.25) is 0 Å². The van der Waals surface area contributed by atoms with Crippen LogP contribution < -0.4 is 0 Å². The van der Waals surface area contributed by atoms with Gasteiger partial charge in [0.15, 0.2) is 0 Å². The molecule has 2 amide bonds. The second-order valence-electron chi connectivity index (χ2n) is 6.01. The van der Waals surface area contributed by atoms with Crippen LogP contribution in [0, 0.1) is 5.82 Å². The van der Waals surface area contributed by atoms with E-state index in [1.807, 2.05) is 0 Å². The van der Waals surface area contributed by atoms with Crippen molar-refractivity contribution in [3.05, 3.63) is 65.7 Å². The van der Waals surface area contributed by atoms with Crippen molar-refractivity contribution in [2.75, 3.05) is 26.2 Å². The van der Waals surface area contributed by atoms with E-state index in [1.54, 1.807) is 52.4 Å². The van der Waals surface area contributed by atoms with E-state index < -0.39 is 0 Å². The molecule has 0 N–H and O–H groups in total. The Labute approximate surface area is 146 Å². The molecular formula is C19H20FN3O2. The number of nitrogens with zero attached hydrogens (tertiary/aromatic N) is 3. The van der Waals surface area contributed by atoms with Crippen molar-refractivity contribution in [3.63, 3.8) is 0 Å². The summed E-state index contributed by atoms with van der Waals surface area (Å²) in [6, 6.07) is 11.6. The van der Waals surface area contributed by atoms with Gasteiger partial charge in [-0.3, -0.25) is 14.6 Å². The zero-order chi connectivity index (χ0) is 17.6. The van der Waals surface area contributed by atoms with E-state index in [2.05, 4.69) is 4.98 Å². The Hall–Kier alpha value is -2.76. The van der Waals surface area contributed by atoms with Crippen LogP contribution in [0.15, 0.2) is 48.7 Å². The molecule has 0 unspecified atom stereocenters. The zero-order valence-corrected chi connectivity index (χ0v) is 13.9. The summed E-state index contributed by atoms with van der Waals surface area (Å²) in [5.74, 6) is -0.598. The Balaban J connectivity index is 1.60. The molecule has 1 aromatic heterocycles. The third kappa shape index (κ3) is 4.21. The average Bonchev–Trinajstić information content (AvgIpc) is 2.90. The Bertz CT molecular complexity index is 751. The quantitative estimate of drug-likeness (QED) is 0.859. The molecule has 1 aromatic carbocycles. The van der Waals surface area contributed by atoms with Crippen LogP contribution in [0.5, 0.6) is 0 Å². The fourth-order valence-electron chi connectivity index (χ4n) is 2.94. The number of aromatic nitrogens is 1. The van der Waals surface area contributed by atoms with Crippen LogP contribution in [-0.2, 0) is 11.2 Å². The number of halogens is 1. The number of benzene rings is 1. The third-order valence-corrected chi connectivity index (χ3v) is 4.32. The summed E-state index contributed by atoms with van der Waals surface area (Å²) >= 11 is 0. The Kier molecular flexibility index (Phi) is 5.38. The van der Waals surface area contributed by atoms with Gasteiger partial charge < -0.3 is 9.80 Å². The van der Waals surface area contributed by atoms with Crippen LogP contribution in [0.4, 0.5) is 4.39 Å². The lowest BCUT2D eigenvalue weighted by Gasteiger charge is -2.22. The number of carbonyl (C=O) groups excluding carboxylic acids is 2. The number of rotatable bonds is 3. The highest BCUT2D eigenvalue weighted by molar-refractivity contribution is 5.92. The van der Waals surface area contributed by atoms with Gasteiger partial charge in [-0.2, -0.15) is 0 Å². The fourth-order valence-corrected chi connectivity index (χ4v) is 2.94. The van der Waals surface area contributed by atoms with E-state index in [0.717, 1.165) is 0 Å². The molecule has 3 rings (SSSR count). The molecule has 25 heavy (non-hydrogen) atoms. The van der Waals surface area contributed by atoms with Gasteiger partial charge in [0, 0.05) is 32.4 Å². The standard InChI is InChI=1S/C19H20FN3O2/c20-16-7-2-1-6-15(16)14-18(24)22-10-5-11-23(13-12-22)19(25)17-8-3-4-9-21-17/h1-4,6-9H,5,10-14H2. The number of carbonyl (C=O) groups is 2. The first-order chi connectivity index (χ1) is 12.1. The van der Waals surface area contributed by atoms with Crippen molar-refractivity contribution < 1.29 is 14.0 Å². The smallest absolute Gasteiger partial charge is 0.272 e. The maximum absolute atomic E-state index is 13.7. The lowest BCUT2D eigenvalue weighted by molar-refractivity contribution is -0.130. The molecule has 0 atom stereocenters. The van der Waals surface area contributed by atoms with Gasteiger partial charge in [-0.1, -0.05) is 24.3 Å². The average molecular weight is 341 g/mol. The second kappa shape index (κ2) is 7.88. The first kappa shape index (κ1) is 17.1. The predicted octanol–water partition coefficient (Wildman–Crippen LogP) is 2.14. The number of amides is 2. The van der Waals surface area contributed by atoms with E-state index in [0.29, 0.717) is 43.9 Å². The van der Waals surface area contributed by atoms with E-state index in [-0.39, 0.29) is 24.1 Å². The summed E-state index contributed by atoms with van der Waals surface area (Å²) in [6.07, 6.45) is 2.33. The SMILES string of the molecule is O=C(Cc1ccccc1F)N1CCCN(C(=O)c2ccccn2)CC1. The third-order valence-electron chi connectivity index (χ3n) is 4.32.